The molecular weight excluding hydrogens is 268 g/mol. The molecule has 0 aliphatic carbocycles. The summed E-state index contributed by atoms with van der Waals surface area (Å²) in [5, 5.41) is 3.30. The molecule has 5 heteroatoms. The summed E-state index contributed by atoms with van der Waals surface area (Å²) < 4.78 is 5.06. The van der Waals surface area contributed by atoms with Gasteiger partial charge in [-0.05, 0) is 31.2 Å². The Bertz CT molecular complexity index is 499. The fraction of sp³-hybridized carbons (Fsp3) is 0.500. The Morgan fingerprint density at radius 3 is 2.62 bits per heavy atom. The van der Waals surface area contributed by atoms with Crippen LogP contribution in [-0.2, 0) is 4.79 Å². The number of amides is 1. The molecule has 1 fully saturated rings. The van der Waals surface area contributed by atoms with Crippen LogP contribution >= 0.6 is 0 Å². The smallest absolute Gasteiger partial charge is 0.223 e. The Kier molecular flexibility index (Phi) is 5.33. The van der Waals surface area contributed by atoms with E-state index < -0.39 is 0 Å². The fourth-order valence-corrected chi connectivity index (χ4v) is 2.46. The van der Waals surface area contributed by atoms with E-state index in [0.29, 0.717) is 11.6 Å². The van der Waals surface area contributed by atoms with Crippen molar-refractivity contribution in [2.45, 2.75) is 25.8 Å². The minimum Gasteiger partial charge on any atom is -0.497 e. The molecule has 1 heterocycles. The van der Waals surface area contributed by atoms with Crippen molar-refractivity contribution < 1.29 is 14.3 Å². The SMILES string of the molecule is COc1ccc(C(=O)CCC(=O)N2CCNC(C)C2)cc1. The number of hydrogen-bond donors (Lipinski definition) is 1. The molecule has 5 nitrogen and oxygen atoms in total. The summed E-state index contributed by atoms with van der Waals surface area (Å²) in [7, 11) is 1.59. The van der Waals surface area contributed by atoms with Gasteiger partial charge in [-0.3, -0.25) is 9.59 Å². The maximum atomic E-state index is 12.1. The summed E-state index contributed by atoms with van der Waals surface area (Å²) in [6, 6.07) is 7.30. The number of ether oxygens (including phenoxy) is 1. The number of benzene rings is 1. The van der Waals surface area contributed by atoms with Gasteiger partial charge in [-0.15, -0.1) is 0 Å². The van der Waals surface area contributed by atoms with E-state index >= 15 is 0 Å². The zero-order chi connectivity index (χ0) is 15.2. The summed E-state index contributed by atoms with van der Waals surface area (Å²) in [6.45, 7) is 4.32. The Morgan fingerprint density at radius 2 is 2.00 bits per heavy atom. The zero-order valence-electron chi connectivity index (χ0n) is 12.6. The van der Waals surface area contributed by atoms with Gasteiger partial charge in [0.1, 0.15) is 5.75 Å². The van der Waals surface area contributed by atoms with Crippen LogP contribution in [0.15, 0.2) is 24.3 Å². The van der Waals surface area contributed by atoms with Gasteiger partial charge in [-0.1, -0.05) is 0 Å². The molecular formula is C16H22N2O3. The second kappa shape index (κ2) is 7.22. The summed E-state index contributed by atoms with van der Waals surface area (Å²) in [4.78, 5) is 26.0. The van der Waals surface area contributed by atoms with E-state index in [0.717, 1.165) is 25.4 Å². The average molecular weight is 290 g/mol. The van der Waals surface area contributed by atoms with E-state index in [-0.39, 0.29) is 24.5 Å². The maximum Gasteiger partial charge on any atom is 0.223 e. The first-order valence-electron chi connectivity index (χ1n) is 7.28. The van der Waals surface area contributed by atoms with Gasteiger partial charge in [-0.2, -0.15) is 0 Å². The third-order valence-electron chi connectivity index (χ3n) is 3.70. The number of nitrogens with zero attached hydrogens (tertiary/aromatic N) is 1. The number of piperazine rings is 1. The molecule has 2 rings (SSSR count). The number of Topliss-reactive ketones (excluding diaryl/α,β-unsaturated/α-hetero) is 1. The lowest BCUT2D eigenvalue weighted by Gasteiger charge is -2.31. The van der Waals surface area contributed by atoms with Crippen LogP contribution in [0.2, 0.25) is 0 Å². The average Bonchev–Trinajstić information content (AvgIpc) is 2.52. The van der Waals surface area contributed by atoms with Gasteiger partial charge in [0.05, 0.1) is 7.11 Å². The van der Waals surface area contributed by atoms with Crippen LogP contribution in [0.1, 0.15) is 30.1 Å². The van der Waals surface area contributed by atoms with Gasteiger partial charge in [-0.25, -0.2) is 0 Å². The largest absolute Gasteiger partial charge is 0.497 e. The molecule has 1 aromatic rings. The van der Waals surface area contributed by atoms with E-state index in [1.54, 1.807) is 31.4 Å². The van der Waals surface area contributed by atoms with Crippen LogP contribution in [0.4, 0.5) is 0 Å². The maximum absolute atomic E-state index is 12.1. The number of carbonyl (C=O) groups is 2. The van der Waals surface area contributed by atoms with Gasteiger partial charge >= 0.3 is 0 Å². The number of nitrogens with one attached hydrogen (secondary N) is 1. The van der Waals surface area contributed by atoms with Crippen molar-refractivity contribution in [3.63, 3.8) is 0 Å². The molecule has 0 bridgehead atoms. The molecule has 1 atom stereocenters. The van der Waals surface area contributed by atoms with E-state index in [9.17, 15) is 9.59 Å². The summed E-state index contributed by atoms with van der Waals surface area (Å²) >= 11 is 0. The van der Waals surface area contributed by atoms with E-state index in [1.165, 1.54) is 0 Å². The third-order valence-corrected chi connectivity index (χ3v) is 3.70. The lowest BCUT2D eigenvalue weighted by atomic mass is 10.1. The molecule has 114 valence electrons. The van der Waals surface area contributed by atoms with Gasteiger partial charge in [0.25, 0.3) is 0 Å². The van der Waals surface area contributed by atoms with Crippen molar-refractivity contribution in [3.05, 3.63) is 29.8 Å². The monoisotopic (exact) mass is 290 g/mol. The standard InChI is InChI=1S/C16H22N2O3/c1-12-11-18(10-9-17-12)16(20)8-7-15(19)13-3-5-14(21-2)6-4-13/h3-6,12,17H,7-11H2,1-2H3. The highest BCUT2D eigenvalue weighted by molar-refractivity contribution is 5.98. The predicted molar refractivity (Wildman–Crippen MR) is 80.6 cm³/mol. The second-order valence-electron chi connectivity index (χ2n) is 5.35. The molecule has 21 heavy (non-hydrogen) atoms. The lowest BCUT2D eigenvalue weighted by molar-refractivity contribution is -0.132. The normalized spacial score (nSPS) is 18.4. The second-order valence-corrected chi connectivity index (χ2v) is 5.35. The summed E-state index contributed by atoms with van der Waals surface area (Å²) in [5.41, 5.74) is 0.622. The van der Waals surface area contributed by atoms with Crippen LogP contribution in [0.25, 0.3) is 0 Å². The van der Waals surface area contributed by atoms with Gasteiger partial charge in [0, 0.05) is 44.1 Å². The Labute approximate surface area is 125 Å². The van der Waals surface area contributed by atoms with Crippen molar-refractivity contribution in [1.82, 2.24) is 10.2 Å². The third kappa shape index (κ3) is 4.29. The Hall–Kier alpha value is -1.88. The van der Waals surface area contributed by atoms with E-state index in [4.69, 9.17) is 4.74 Å². The van der Waals surface area contributed by atoms with Crippen molar-refractivity contribution in [2.24, 2.45) is 0 Å². The molecule has 0 spiro atoms. The van der Waals surface area contributed by atoms with Crippen LogP contribution in [0.3, 0.4) is 0 Å². The number of rotatable bonds is 5. The summed E-state index contributed by atoms with van der Waals surface area (Å²) in [6.07, 6.45) is 0.529. The van der Waals surface area contributed by atoms with Crippen LogP contribution < -0.4 is 10.1 Å². The highest BCUT2D eigenvalue weighted by Gasteiger charge is 2.20. The molecule has 0 saturated carbocycles. The van der Waals surface area contributed by atoms with Gasteiger partial charge in [0.2, 0.25) is 5.91 Å². The van der Waals surface area contributed by atoms with Crippen LogP contribution in [0.5, 0.6) is 5.75 Å². The minimum atomic E-state index is -0.00538. The first-order valence-corrected chi connectivity index (χ1v) is 7.28. The first kappa shape index (κ1) is 15.5. The minimum absolute atomic E-state index is 0.00538. The van der Waals surface area contributed by atoms with E-state index in [2.05, 4.69) is 12.2 Å². The first-order chi connectivity index (χ1) is 10.1. The number of hydrogen-bond acceptors (Lipinski definition) is 4. The van der Waals surface area contributed by atoms with Crippen molar-refractivity contribution in [1.29, 1.82) is 0 Å². The molecule has 1 N–H and O–H groups in total. The molecule has 1 aromatic carbocycles. The Morgan fingerprint density at radius 1 is 1.29 bits per heavy atom. The molecule has 1 aliphatic heterocycles. The number of methoxy groups -OCH3 is 1. The van der Waals surface area contributed by atoms with Crippen LogP contribution in [-0.4, -0.2) is 49.4 Å². The molecule has 0 aromatic heterocycles. The van der Waals surface area contributed by atoms with Crippen LogP contribution in [0, 0.1) is 0 Å². The zero-order valence-corrected chi connectivity index (χ0v) is 12.6. The highest BCUT2D eigenvalue weighted by Crippen LogP contribution is 2.14. The molecule has 0 radical (unpaired) electrons. The van der Waals surface area contributed by atoms with Crippen molar-refractivity contribution in [2.75, 3.05) is 26.7 Å². The van der Waals surface area contributed by atoms with Gasteiger partial charge in [0.15, 0.2) is 5.78 Å². The predicted octanol–water partition coefficient (Wildman–Crippen LogP) is 1.48. The number of carbonyl (C=O) groups excluding carboxylic acids is 2. The molecule has 1 unspecified atom stereocenters. The quantitative estimate of drug-likeness (QED) is 0.835. The Balaban J connectivity index is 1.83. The molecule has 1 saturated heterocycles. The highest BCUT2D eigenvalue weighted by atomic mass is 16.5. The molecule has 1 amide bonds. The summed E-state index contributed by atoms with van der Waals surface area (Å²) in [5.74, 6) is 0.775. The van der Waals surface area contributed by atoms with Crippen molar-refractivity contribution >= 4 is 11.7 Å². The number of ketones is 1. The topological polar surface area (TPSA) is 58.6 Å². The van der Waals surface area contributed by atoms with Gasteiger partial charge < -0.3 is 15.0 Å². The lowest BCUT2D eigenvalue weighted by Crippen LogP contribution is -2.51. The van der Waals surface area contributed by atoms with E-state index in [1.807, 2.05) is 4.90 Å². The molecule has 1 aliphatic rings. The fourth-order valence-electron chi connectivity index (χ4n) is 2.46. The van der Waals surface area contributed by atoms with Crippen molar-refractivity contribution in [3.8, 4) is 5.75 Å².